The lowest BCUT2D eigenvalue weighted by atomic mass is 10.4. The summed E-state index contributed by atoms with van der Waals surface area (Å²) in [6.45, 7) is 4.65. The van der Waals surface area contributed by atoms with Crippen LogP contribution in [-0.2, 0) is 9.47 Å². The van der Waals surface area contributed by atoms with Crippen molar-refractivity contribution in [3.8, 4) is 5.88 Å². The van der Waals surface area contributed by atoms with Crippen LogP contribution in [0.1, 0.15) is 13.8 Å². The van der Waals surface area contributed by atoms with Gasteiger partial charge in [0.05, 0.1) is 19.0 Å². The van der Waals surface area contributed by atoms with E-state index in [1.807, 2.05) is 13.8 Å². The standard InChI is InChI=1S/C10H13ClN2O3/c1-10(2)15-6-7(16-10)5-14-9-4-12-8(11)3-13-9/h3-4,7H,5-6H2,1-2H3/t7-/m0/s1. The Morgan fingerprint density at radius 3 is 2.88 bits per heavy atom. The fraction of sp³-hybridized carbons (Fsp3) is 0.600. The molecule has 2 heterocycles. The Balaban J connectivity index is 1.82. The summed E-state index contributed by atoms with van der Waals surface area (Å²) in [5.74, 6) is -0.0996. The molecule has 1 aliphatic rings. The molecular formula is C10H13ClN2O3. The van der Waals surface area contributed by atoms with Gasteiger partial charge in [-0.2, -0.15) is 0 Å². The van der Waals surface area contributed by atoms with Gasteiger partial charge >= 0.3 is 0 Å². The van der Waals surface area contributed by atoms with E-state index in [9.17, 15) is 0 Å². The van der Waals surface area contributed by atoms with Crippen molar-refractivity contribution >= 4 is 11.6 Å². The summed E-state index contributed by atoms with van der Waals surface area (Å²) in [6, 6.07) is 0. The molecule has 0 aliphatic carbocycles. The summed E-state index contributed by atoms with van der Waals surface area (Å²) in [5.41, 5.74) is 0. The zero-order chi connectivity index (χ0) is 11.6. The molecule has 16 heavy (non-hydrogen) atoms. The molecule has 0 spiro atoms. The molecule has 6 heteroatoms. The summed E-state index contributed by atoms with van der Waals surface area (Å²) < 4.78 is 16.4. The topological polar surface area (TPSA) is 53.5 Å². The van der Waals surface area contributed by atoms with Gasteiger partial charge in [0.25, 0.3) is 0 Å². The van der Waals surface area contributed by atoms with Crippen LogP contribution in [0.5, 0.6) is 5.88 Å². The van der Waals surface area contributed by atoms with E-state index in [2.05, 4.69) is 9.97 Å². The van der Waals surface area contributed by atoms with Gasteiger partial charge in [-0.3, -0.25) is 0 Å². The second-order valence-corrected chi connectivity index (χ2v) is 4.33. The van der Waals surface area contributed by atoms with Crippen LogP contribution < -0.4 is 4.74 Å². The molecule has 0 radical (unpaired) electrons. The molecule has 0 saturated carbocycles. The average Bonchev–Trinajstić information content (AvgIpc) is 2.58. The van der Waals surface area contributed by atoms with E-state index in [0.717, 1.165) is 0 Å². The molecule has 2 rings (SSSR count). The van der Waals surface area contributed by atoms with Crippen LogP contribution in [0.4, 0.5) is 0 Å². The van der Waals surface area contributed by atoms with Crippen molar-refractivity contribution < 1.29 is 14.2 Å². The number of nitrogens with zero attached hydrogens (tertiary/aromatic N) is 2. The molecule has 0 bridgehead atoms. The third kappa shape index (κ3) is 3.04. The van der Waals surface area contributed by atoms with Crippen LogP contribution in [0.2, 0.25) is 5.15 Å². The zero-order valence-electron chi connectivity index (χ0n) is 9.14. The third-order valence-corrected chi connectivity index (χ3v) is 2.28. The van der Waals surface area contributed by atoms with Gasteiger partial charge in [0, 0.05) is 0 Å². The van der Waals surface area contributed by atoms with E-state index in [4.69, 9.17) is 25.8 Å². The zero-order valence-corrected chi connectivity index (χ0v) is 9.90. The summed E-state index contributed by atoms with van der Waals surface area (Å²) >= 11 is 5.60. The molecule has 1 saturated heterocycles. The predicted molar refractivity (Wildman–Crippen MR) is 57.4 cm³/mol. The van der Waals surface area contributed by atoms with Crippen molar-refractivity contribution in [2.45, 2.75) is 25.7 Å². The van der Waals surface area contributed by atoms with Gasteiger partial charge in [-0.1, -0.05) is 11.6 Å². The van der Waals surface area contributed by atoms with Crippen LogP contribution in [0.3, 0.4) is 0 Å². The third-order valence-electron chi connectivity index (χ3n) is 2.08. The molecule has 1 aromatic rings. The largest absolute Gasteiger partial charge is 0.474 e. The summed E-state index contributed by atoms with van der Waals surface area (Å²) in [5, 5.41) is 0.342. The fourth-order valence-corrected chi connectivity index (χ4v) is 1.50. The number of aromatic nitrogens is 2. The number of ether oxygens (including phenoxy) is 3. The SMILES string of the molecule is CC1(C)OC[C@H](COc2cnc(Cl)cn2)O1. The van der Waals surface area contributed by atoms with Crippen molar-refractivity contribution in [2.24, 2.45) is 0 Å². The monoisotopic (exact) mass is 244 g/mol. The van der Waals surface area contributed by atoms with E-state index < -0.39 is 5.79 Å². The molecule has 1 atom stereocenters. The molecule has 0 N–H and O–H groups in total. The molecule has 1 fully saturated rings. The highest BCUT2D eigenvalue weighted by Gasteiger charge is 2.32. The maximum Gasteiger partial charge on any atom is 0.232 e. The van der Waals surface area contributed by atoms with Crippen LogP contribution in [0.25, 0.3) is 0 Å². The molecule has 5 nitrogen and oxygen atoms in total. The van der Waals surface area contributed by atoms with Crippen LogP contribution >= 0.6 is 11.6 Å². The molecular weight excluding hydrogens is 232 g/mol. The average molecular weight is 245 g/mol. The van der Waals surface area contributed by atoms with E-state index in [-0.39, 0.29) is 6.10 Å². The normalized spacial score (nSPS) is 23.3. The Morgan fingerprint density at radius 1 is 1.50 bits per heavy atom. The van der Waals surface area contributed by atoms with Crippen molar-refractivity contribution in [3.63, 3.8) is 0 Å². The molecule has 0 unspecified atom stereocenters. The molecule has 0 aromatic carbocycles. The second kappa shape index (κ2) is 4.53. The van der Waals surface area contributed by atoms with Crippen LogP contribution in [-0.4, -0.2) is 35.1 Å². The van der Waals surface area contributed by atoms with Crippen molar-refractivity contribution in [2.75, 3.05) is 13.2 Å². The first-order chi connectivity index (χ1) is 7.55. The molecule has 88 valence electrons. The Kier molecular flexibility index (Phi) is 3.28. The summed E-state index contributed by atoms with van der Waals surface area (Å²) in [7, 11) is 0. The minimum atomic E-state index is -0.528. The van der Waals surface area contributed by atoms with Crippen molar-refractivity contribution in [3.05, 3.63) is 17.5 Å². The lowest BCUT2D eigenvalue weighted by Crippen LogP contribution is -2.25. The van der Waals surface area contributed by atoms with Gasteiger partial charge in [-0.05, 0) is 13.8 Å². The van der Waals surface area contributed by atoms with Crippen molar-refractivity contribution in [1.29, 1.82) is 0 Å². The van der Waals surface area contributed by atoms with Crippen LogP contribution in [0, 0.1) is 0 Å². The minimum Gasteiger partial charge on any atom is -0.474 e. The molecule has 0 amide bonds. The van der Waals surface area contributed by atoms with Gasteiger partial charge in [0.15, 0.2) is 5.79 Å². The highest BCUT2D eigenvalue weighted by Crippen LogP contribution is 2.22. The minimum absolute atomic E-state index is 0.0764. The lowest BCUT2D eigenvalue weighted by molar-refractivity contribution is -0.141. The van der Waals surface area contributed by atoms with E-state index in [1.165, 1.54) is 12.4 Å². The van der Waals surface area contributed by atoms with E-state index >= 15 is 0 Å². The van der Waals surface area contributed by atoms with Gasteiger partial charge < -0.3 is 14.2 Å². The Labute approximate surface area is 98.7 Å². The van der Waals surface area contributed by atoms with Crippen molar-refractivity contribution in [1.82, 2.24) is 9.97 Å². The Bertz CT molecular complexity index is 356. The first kappa shape index (κ1) is 11.6. The van der Waals surface area contributed by atoms with E-state index in [1.54, 1.807) is 0 Å². The first-order valence-electron chi connectivity index (χ1n) is 4.97. The first-order valence-corrected chi connectivity index (χ1v) is 5.35. The smallest absolute Gasteiger partial charge is 0.232 e. The van der Waals surface area contributed by atoms with Gasteiger partial charge in [0.2, 0.25) is 5.88 Å². The van der Waals surface area contributed by atoms with Gasteiger partial charge in [-0.25, -0.2) is 9.97 Å². The van der Waals surface area contributed by atoms with Gasteiger partial charge in [-0.15, -0.1) is 0 Å². The highest BCUT2D eigenvalue weighted by atomic mass is 35.5. The summed E-state index contributed by atoms with van der Waals surface area (Å²) in [6.07, 6.45) is 2.84. The second-order valence-electron chi connectivity index (χ2n) is 3.94. The Hall–Kier alpha value is -0.910. The quantitative estimate of drug-likeness (QED) is 0.810. The maximum absolute atomic E-state index is 5.60. The number of hydrogen-bond acceptors (Lipinski definition) is 5. The lowest BCUT2D eigenvalue weighted by Gasteiger charge is -2.17. The molecule has 1 aromatic heterocycles. The van der Waals surface area contributed by atoms with Gasteiger partial charge in [0.1, 0.15) is 17.9 Å². The highest BCUT2D eigenvalue weighted by molar-refractivity contribution is 6.29. The number of halogens is 1. The Morgan fingerprint density at radius 2 is 2.31 bits per heavy atom. The molecule has 1 aliphatic heterocycles. The number of hydrogen-bond donors (Lipinski definition) is 0. The van der Waals surface area contributed by atoms with E-state index in [0.29, 0.717) is 24.2 Å². The maximum atomic E-state index is 5.60. The number of rotatable bonds is 3. The fourth-order valence-electron chi connectivity index (χ4n) is 1.40. The van der Waals surface area contributed by atoms with Crippen LogP contribution in [0.15, 0.2) is 12.4 Å². The summed E-state index contributed by atoms with van der Waals surface area (Å²) in [4.78, 5) is 7.82. The predicted octanol–water partition coefficient (Wildman–Crippen LogP) is 1.66.